The van der Waals surface area contributed by atoms with Crippen molar-refractivity contribution >= 4 is 21.9 Å². The lowest BCUT2D eigenvalue weighted by Gasteiger charge is -2.11. The van der Waals surface area contributed by atoms with Crippen molar-refractivity contribution in [2.75, 3.05) is 0 Å². The van der Waals surface area contributed by atoms with Crippen molar-refractivity contribution in [3.05, 3.63) is 152 Å². The molecule has 0 fully saturated rings. The molecule has 0 saturated heterocycles. The zero-order valence-corrected chi connectivity index (χ0v) is 23.2. The van der Waals surface area contributed by atoms with Crippen LogP contribution in [0, 0.1) is 0 Å². The van der Waals surface area contributed by atoms with Crippen molar-refractivity contribution < 1.29 is 4.42 Å². The van der Waals surface area contributed by atoms with Crippen LogP contribution in [0.15, 0.2) is 156 Å². The van der Waals surface area contributed by atoms with Gasteiger partial charge < -0.3 is 4.42 Å². The van der Waals surface area contributed by atoms with Crippen LogP contribution in [0.5, 0.6) is 0 Å². The highest BCUT2D eigenvalue weighted by Gasteiger charge is 2.12. The normalized spacial score (nSPS) is 11.3. The van der Waals surface area contributed by atoms with Gasteiger partial charge in [0.05, 0.1) is 11.4 Å². The Morgan fingerprint density at radius 3 is 1.72 bits per heavy atom. The van der Waals surface area contributed by atoms with Crippen LogP contribution in [-0.2, 0) is 0 Å². The van der Waals surface area contributed by atoms with Gasteiger partial charge in [-0.1, -0.05) is 109 Å². The molecular weight excluding hydrogens is 526 g/mol. The molecule has 0 radical (unpaired) electrons. The van der Waals surface area contributed by atoms with Crippen molar-refractivity contribution in [2.45, 2.75) is 0 Å². The SMILES string of the molecule is c1ccc(-c2cc(-c3ccc(-c4ccc5oc6ccccc6c5c4)cc3)nc(-c3ccc(-c4cccnc4)cc3)n2)cc1. The molecule has 0 aliphatic carbocycles. The maximum atomic E-state index is 6.03. The van der Waals surface area contributed by atoms with Gasteiger partial charge in [0.25, 0.3) is 0 Å². The fourth-order valence-electron chi connectivity index (χ4n) is 5.57. The number of benzene rings is 5. The maximum absolute atomic E-state index is 6.03. The third-order valence-electron chi connectivity index (χ3n) is 7.82. The standard InChI is InChI=1S/C39H25N3O/c1-2-7-28(8-3-1)35-24-36(42-39(41-35)30-18-14-27(15-19-30)32-9-6-22-40-25-32)29-16-12-26(13-17-29)31-20-21-38-34(23-31)33-10-4-5-11-37(33)43-38/h1-25H. The Balaban J connectivity index is 1.17. The average Bonchev–Trinajstić information content (AvgIpc) is 3.47. The summed E-state index contributed by atoms with van der Waals surface area (Å²) in [5.74, 6) is 0.690. The van der Waals surface area contributed by atoms with Crippen molar-refractivity contribution in [3.63, 3.8) is 0 Å². The summed E-state index contributed by atoms with van der Waals surface area (Å²) in [6.45, 7) is 0. The minimum absolute atomic E-state index is 0.690. The van der Waals surface area contributed by atoms with E-state index >= 15 is 0 Å². The smallest absolute Gasteiger partial charge is 0.160 e. The molecule has 0 unspecified atom stereocenters. The molecule has 0 atom stereocenters. The molecule has 0 bridgehead atoms. The second-order valence-corrected chi connectivity index (χ2v) is 10.5. The summed E-state index contributed by atoms with van der Waals surface area (Å²) < 4.78 is 6.03. The summed E-state index contributed by atoms with van der Waals surface area (Å²) in [6.07, 6.45) is 3.66. The highest BCUT2D eigenvalue weighted by Crippen LogP contribution is 2.34. The molecule has 4 nitrogen and oxygen atoms in total. The molecule has 0 saturated carbocycles. The molecule has 43 heavy (non-hydrogen) atoms. The summed E-state index contributed by atoms with van der Waals surface area (Å²) in [5.41, 5.74) is 11.1. The molecule has 0 aliphatic heterocycles. The summed E-state index contributed by atoms with van der Waals surface area (Å²) in [4.78, 5) is 14.3. The number of aromatic nitrogens is 3. The molecule has 5 aromatic carbocycles. The quantitative estimate of drug-likeness (QED) is 0.214. The summed E-state index contributed by atoms with van der Waals surface area (Å²) in [6, 6.07) is 47.8. The molecule has 0 amide bonds. The van der Waals surface area contributed by atoms with Gasteiger partial charge in [0.2, 0.25) is 0 Å². The van der Waals surface area contributed by atoms with E-state index < -0.39 is 0 Å². The topological polar surface area (TPSA) is 51.8 Å². The van der Waals surface area contributed by atoms with E-state index in [2.05, 4.69) is 102 Å². The summed E-state index contributed by atoms with van der Waals surface area (Å²) in [7, 11) is 0. The van der Waals surface area contributed by atoms with Crippen LogP contribution in [0.2, 0.25) is 0 Å². The number of para-hydroxylation sites is 1. The van der Waals surface area contributed by atoms with Gasteiger partial charge in [0, 0.05) is 39.9 Å². The van der Waals surface area contributed by atoms with E-state index in [0.717, 1.165) is 72.3 Å². The number of fused-ring (bicyclic) bond motifs is 3. The van der Waals surface area contributed by atoms with Gasteiger partial charge in [-0.05, 0) is 52.6 Å². The zero-order chi connectivity index (χ0) is 28.6. The molecule has 3 heterocycles. The number of rotatable bonds is 5. The van der Waals surface area contributed by atoms with Crippen LogP contribution in [0.25, 0.3) is 78.1 Å². The van der Waals surface area contributed by atoms with E-state index in [1.807, 2.05) is 48.7 Å². The third kappa shape index (κ3) is 4.75. The number of nitrogens with zero attached hydrogens (tertiary/aromatic N) is 3. The number of hydrogen-bond donors (Lipinski definition) is 0. The third-order valence-corrected chi connectivity index (χ3v) is 7.82. The van der Waals surface area contributed by atoms with Crippen LogP contribution < -0.4 is 0 Å². The van der Waals surface area contributed by atoms with Gasteiger partial charge in [-0.25, -0.2) is 9.97 Å². The molecule has 4 heteroatoms. The number of furan rings is 1. The van der Waals surface area contributed by atoms with Gasteiger partial charge >= 0.3 is 0 Å². The van der Waals surface area contributed by atoms with Gasteiger partial charge in [0.1, 0.15) is 11.2 Å². The van der Waals surface area contributed by atoms with Crippen molar-refractivity contribution in [2.24, 2.45) is 0 Å². The van der Waals surface area contributed by atoms with Gasteiger partial charge in [-0.15, -0.1) is 0 Å². The van der Waals surface area contributed by atoms with Crippen LogP contribution in [-0.4, -0.2) is 15.0 Å². The fourth-order valence-corrected chi connectivity index (χ4v) is 5.57. The van der Waals surface area contributed by atoms with Gasteiger partial charge in [-0.2, -0.15) is 0 Å². The predicted octanol–water partition coefficient (Wildman–Crippen LogP) is 10.1. The first kappa shape index (κ1) is 24.9. The minimum Gasteiger partial charge on any atom is -0.456 e. The molecule has 8 aromatic rings. The number of pyridine rings is 1. The predicted molar refractivity (Wildman–Crippen MR) is 174 cm³/mol. The molecule has 0 spiro atoms. The van der Waals surface area contributed by atoms with Crippen LogP contribution >= 0.6 is 0 Å². The van der Waals surface area contributed by atoms with Crippen LogP contribution in [0.1, 0.15) is 0 Å². The van der Waals surface area contributed by atoms with Crippen molar-refractivity contribution in [1.82, 2.24) is 15.0 Å². The highest BCUT2D eigenvalue weighted by atomic mass is 16.3. The van der Waals surface area contributed by atoms with E-state index in [4.69, 9.17) is 14.4 Å². The summed E-state index contributed by atoms with van der Waals surface area (Å²) >= 11 is 0. The lowest BCUT2D eigenvalue weighted by atomic mass is 10.00. The Bertz CT molecular complexity index is 2200. The van der Waals surface area contributed by atoms with E-state index in [-0.39, 0.29) is 0 Å². The second kappa shape index (κ2) is 10.5. The Hall–Kier alpha value is -5.87. The highest BCUT2D eigenvalue weighted by molar-refractivity contribution is 6.06. The Kier molecular flexibility index (Phi) is 6.08. The van der Waals surface area contributed by atoms with E-state index in [1.54, 1.807) is 6.20 Å². The molecule has 8 rings (SSSR count). The van der Waals surface area contributed by atoms with Crippen molar-refractivity contribution in [3.8, 4) is 56.2 Å². The number of hydrogen-bond acceptors (Lipinski definition) is 4. The lowest BCUT2D eigenvalue weighted by molar-refractivity contribution is 0.669. The average molecular weight is 552 g/mol. The molecule has 3 aromatic heterocycles. The molecular formula is C39H25N3O. The van der Waals surface area contributed by atoms with E-state index in [1.165, 1.54) is 0 Å². The first-order valence-electron chi connectivity index (χ1n) is 14.3. The first-order chi connectivity index (χ1) is 21.3. The second-order valence-electron chi connectivity index (χ2n) is 10.5. The van der Waals surface area contributed by atoms with Crippen molar-refractivity contribution in [1.29, 1.82) is 0 Å². The minimum atomic E-state index is 0.690. The largest absolute Gasteiger partial charge is 0.456 e. The van der Waals surface area contributed by atoms with E-state index in [0.29, 0.717) is 5.82 Å². The van der Waals surface area contributed by atoms with Gasteiger partial charge in [-0.3, -0.25) is 4.98 Å². The zero-order valence-electron chi connectivity index (χ0n) is 23.2. The van der Waals surface area contributed by atoms with Crippen LogP contribution in [0.3, 0.4) is 0 Å². The Morgan fingerprint density at radius 2 is 0.977 bits per heavy atom. The first-order valence-corrected chi connectivity index (χ1v) is 14.3. The van der Waals surface area contributed by atoms with Gasteiger partial charge in [0.15, 0.2) is 5.82 Å². The maximum Gasteiger partial charge on any atom is 0.160 e. The van der Waals surface area contributed by atoms with Crippen LogP contribution in [0.4, 0.5) is 0 Å². The monoisotopic (exact) mass is 551 g/mol. The van der Waals surface area contributed by atoms with E-state index in [9.17, 15) is 0 Å². The molecule has 0 N–H and O–H groups in total. The fraction of sp³-hybridized carbons (Fsp3) is 0. The lowest BCUT2D eigenvalue weighted by Crippen LogP contribution is -1.96. The molecule has 0 aliphatic rings. The molecule has 202 valence electrons. The Labute approximate surface area is 249 Å². The summed E-state index contributed by atoms with van der Waals surface area (Å²) in [5, 5.41) is 2.26. The Morgan fingerprint density at radius 1 is 0.395 bits per heavy atom.